The summed E-state index contributed by atoms with van der Waals surface area (Å²) in [4.78, 5) is 0. The first-order chi connectivity index (χ1) is 8.36. The number of rotatable bonds is 2. The second-order valence-corrected chi connectivity index (χ2v) is 6.15. The minimum atomic E-state index is 0.399. The number of hydrogen-bond donors (Lipinski definition) is 1. The molecule has 94 valence electrons. The largest absolute Gasteiger partial charge is 0.311 e. The second kappa shape index (κ2) is 4.98. The van der Waals surface area contributed by atoms with Crippen molar-refractivity contribution in [3.05, 3.63) is 11.6 Å². The van der Waals surface area contributed by atoms with Crippen molar-refractivity contribution < 1.29 is 0 Å². The predicted molar refractivity (Wildman–Crippen MR) is 70.3 cm³/mol. The molecular formula is C12H20N4S. The molecule has 2 fully saturated rings. The van der Waals surface area contributed by atoms with Crippen LogP contribution < -0.4 is 5.32 Å². The Kier molecular flexibility index (Phi) is 3.38. The van der Waals surface area contributed by atoms with Crippen LogP contribution in [0.4, 0.5) is 0 Å². The van der Waals surface area contributed by atoms with Gasteiger partial charge in [-0.2, -0.15) is 11.8 Å². The van der Waals surface area contributed by atoms with Crippen LogP contribution in [0.2, 0.25) is 0 Å². The third-order valence-corrected chi connectivity index (χ3v) is 4.88. The molecule has 4 nitrogen and oxygen atoms in total. The molecule has 2 heterocycles. The van der Waals surface area contributed by atoms with E-state index in [2.05, 4.69) is 27.0 Å². The van der Waals surface area contributed by atoms with E-state index < -0.39 is 0 Å². The fourth-order valence-corrected chi connectivity index (χ4v) is 3.90. The molecule has 1 aromatic heterocycles. The number of thioether (sulfide) groups is 1. The maximum atomic E-state index is 4.42. The summed E-state index contributed by atoms with van der Waals surface area (Å²) in [5.74, 6) is 4.60. The normalized spacial score (nSPS) is 26.5. The molecule has 17 heavy (non-hydrogen) atoms. The highest BCUT2D eigenvalue weighted by Crippen LogP contribution is 2.33. The van der Waals surface area contributed by atoms with Crippen LogP contribution in [-0.4, -0.2) is 32.8 Å². The molecule has 1 saturated heterocycles. The molecular weight excluding hydrogens is 232 g/mol. The topological polar surface area (TPSA) is 42.7 Å². The summed E-state index contributed by atoms with van der Waals surface area (Å²) >= 11 is 2.01. The van der Waals surface area contributed by atoms with Gasteiger partial charge in [0.25, 0.3) is 0 Å². The zero-order valence-electron chi connectivity index (χ0n) is 10.4. The van der Waals surface area contributed by atoms with Crippen molar-refractivity contribution in [3.63, 3.8) is 0 Å². The quantitative estimate of drug-likeness (QED) is 0.875. The highest BCUT2D eigenvalue weighted by Gasteiger charge is 2.27. The zero-order valence-corrected chi connectivity index (χ0v) is 11.2. The van der Waals surface area contributed by atoms with Gasteiger partial charge in [-0.25, -0.2) is 0 Å². The predicted octanol–water partition coefficient (Wildman–Crippen LogP) is 2.08. The van der Waals surface area contributed by atoms with Gasteiger partial charge in [0.15, 0.2) is 5.82 Å². The summed E-state index contributed by atoms with van der Waals surface area (Å²) in [6.07, 6.45) is 5.31. The molecule has 1 N–H and O–H groups in total. The minimum Gasteiger partial charge on any atom is -0.311 e. The maximum Gasteiger partial charge on any atom is 0.151 e. The standard InChI is InChI=1S/C12H20N4S/c1-9-14-15-12(11-8-17-7-6-13-11)16(9)10-4-2-3-5-10/h10-11,13H,2-8H2,1H3. The fourth-order valence-electron chi connectivity index (χ4n) is 2.97. The van der Waals surface area contributed by atoms with Gasteiger partial charge >= 0.3 is 0 Å². The van der Waals surface area contributed by atoms with Crippen LogP contribution in [0.3, 0.4) is 0 Å². The molecule has 3 rings (SSSR count). The van der Waals surface area contributed by atoms with Gasteiger partial charge in [-0.1, -0.05) is 12.8 Å². The van der Waals surface area contributed by atoms with Gasteiger partial charge in [-0.15, -0.1) is 10.2 Å². The first-order valence-corrected chi connectivity index (χ1v) is 7.74. The molecule has 0 bridgehead atoms. The molecule has 5 heteroatoms. The molecule has 1 aliphatic carbocycles. The van der Waals surface area contributed by atoms with Crippen LogP contribution in [-0.2, 0) is 0 Å². The average Bonchev–Trinajstić information content (AvgIpc) is 2.99. The molecule has 0 amide bonds. The van der Waals surface area contributed by atoms with Crippen LogP contribution in [0.5, 0.6) is 0 Å². The van der Waals surface area contributed by atoms with Crippen LogP contribution >= 0.6 is 11.8 Å². The number of nitrogens with one attached hydrogen (secondary N) is 1. The monoisotopic (exact) mass is 252 g/mol. The van der Waals surface area contributed by atoms with E-state index in [1.165, 1.54) is 37.3 Å². The molecule has 1 unspecified atom stereocenters. The van der Waals surface area contributed by atoms with Crippen LogP contribution in [0.25, 0.3) is 0 Å². The summed E-state index contributed by atoms with van der Waals surface area (Å²) in [7, 11) is 0. The molecule has 1 saturated carbocycles. The number of nitrogens with zero attached hydrogens (tertiary/aromatic N) is 3. The van der Waals surface area contributed by atoms with Crippen molar-refractivity contribution in [1.82, 2.24) is 20.1 Å². The van der Waals surface area contributed by atoms with Crippen molar-refractivity contribution in [3.8, 4) is 0 Å². The Morgan fingerprint density at radius 1 is 1.29 bits per heavy atom. The summed E-state index contributed by atoms with van der Waals surface area (Å²) in [5, 5.41) is 12.3. The lowest BCUT2D eigenvalue weighted by atomic mass is 10.2. The lowest BCUT2D eigenvalue weighted by Crippen LogP contribution is -2.33. The highest BCUT2D eigenvalue weighted by molar-refractivity contribution is 7.99. The number of hydrogen-bond acceptors (Lipinski definition) is 4. The fraction of sp³-hybridized carbons (Fsp3) is 0.833. The van der Waals surface area contributed by atoms with Gasteiger partial charge in [0.1, 0.15) is 5.82 Å². The van der Waals surface area contributed by atoms with Gasteiger partial charge in [0.2, 0.25) is 0 Å². The van der Waals surface area contributed by atoms with Crippen molar-refractivity contribution in [2.45, 2.75) is 44.7 Å². The lowest BCUT2D eigenvalue weighted by Gasteiger charge is -2.25. The molecule has 0 radical (unpaired) electrons. The Balaban J connectivity index is 1.87. The Morgan fingerprint density at radius 2 is 2.12 bits per heavy atom. The zero-order chi connectivity index (χ0) is 11.7. The van der Waals surface area contributed by atoms with Crippen molar-refractivity contribution in [1.29, 1.82) is 0 Å². The van der Waals surface area contributed by atoms with Crippen molar-refractivity contribution >= 4 is 11.8 Å². The van der Waals surface area contributed by atoms with Crippen molar-refractivity contribution in [2.24, 2.45) is 0 Å². The van der Waals surface area contributed by atoms with E-state index in [1.807, 2.05) is 11.8 Å². The molecule has 2 aliphatic rings. The Hall–Kier alpha value is -0.550. The highest BCUT2D eigenvalue weighted by atomic mass is 32.2. The molecule has 1 aromatic rings. The third-order valence-electron chi connectivity index (χ3n) is 3.82. The van der Waals surface area contributed by atoms with Gasteiger partial charge in [0.05, 0.1) is 6.04 Å². The smallest absolute Gasteiger partial charge is 0.151 e. The van der Waals surface area contributed by atoms with E-state index in [4.69, 9.17) is 0 Å². The number of aromatic nitrogens is 3. The molecule has 1 atom stereocenters. The molecule has 0 aromatic carbocycles. The van der Waals surface area contributed by atoms with Crippen LogP contribution in [0, 0.1) is 6.92 Å². The summed E-state index contributed by atoms with van der Waals surface area (Å²) in [6, 6.07) is 1.05. The van der Waals surface area contributed by atoms with Gasteiger partial charge in [-0.3, -0.25) is 0 Å². The van der Waals surface area contributed by atoms with E-state index in [0.717, 1.165) is 18.1 Å². The van der Waals surface area contributed by atoms with Gasteiger partial charge < -0.3 is 9.88 Å². The summed E-state index contributed by atoms with van der Waals surface area (Å²) in [5.41, 5.74) is 0. The van der Waals surface area contributed by atoms with Gasteiger partial charge in [0, 0.05) is 24.1 Å². The van der Waals surface area contributed by atoms with E-state index >= 15 is 0 Å². The maximum absolute atomic E-state index is 4.42. The lowest BCUT2D eigenvalue weighted by molar-refractivity contribution is 0.449. The van der Waals surface area contributed by atoms with E-state index in [-0.39, 0.29) is 0 Å². The Labute approximate surface area is 107 Å². The SMILES string of the molecule is Cc1nnc(C2CSCCN2)n1C1CCCC1. The average molecular weight is 252 g/mol. The Morgan fingerprint density at radius 3 is 2.82 bits per heavy atom. The number of aryl methyl sites for hydroxylation is 1. The Bertz CT molecular complexity index is 378. The molecule has 1 aliphatic heterocycles. The van der Waals surface area contributed by atoms with Crippen molar-refractivity contribution in [2.75, 3.05) is 18.1 Å². The van der Waals surface area contributed by atoms with E-state index in [0.29, 0.717) is 12.1 Å². The van der Waals surface area contributed by atoms with Crippen LogP contribution in [0.1, 0.15) is 49.4 Å². The first kappa shape index (κ1) is 11.5. The molecule has 0 spiro atoms. The van der Waals surface area contributed by atoms with Crippen LogP contribution in [0.15, 0.2) is 0 Å². The summed E-state index contributed by atoms with van der Waals surface area (Å²) < 4.78 is 2.40. The second-order valence-electron chi connectivity index (χ2n) is 5.00. The first-order valence-electron chi connectivity index (χ1n) is 6.59. The van der Waals surface area contributed by atoms with E-state index in [1.54, 1.807) is 0 Å². The minimum absolute atomic E-state index is 0.399. The summed E-state index contributed by atoms with van der Waals surface area (Å²) in [6.45, 7) is 3.18. The third kappa shape index (κ3) is 2.22. The van der Waals surface area contributed by atoms with E-state index in [9.17, 15) is 0 Å². The van der Waals surface area contributed by atoms with Gasteiger partial charge in [-0.05, 0) is 19.8 Å².